The third-order valence-electron chi connectivity index (χ3n) is 7.14. The third kappa shape index (κ3) is 4.71. The van der Waals surface area contributed by atoms with Crippen molar-refractivity contribution >= 4 is 5.91 Å². The summed E-state index contributed by atoms with van der Waals surface area (Å²) >= 11 is 0. The van der Waals surface area contributed by atoms with Gasteiger partial charge in [-0.15, -0.1) is 0 Å². The Morgan fingerprint density at radius 2 is 1.39 bits per heavy atom. The van der Waals surface area contributed by atoms with Crippen LogP contribution in [0.15, 0.2) is 24.3 Å². The molecule has 0 atom stereocenters. The van der Waals surface area contributed by atoms with Crippen molar-refractivity contribution in [3.05, 3.63) is 35.6 Å². The molecule has 4 aliphatic carbocycles. The average Bonchev–Trinajstić information content (AvgIpc) is 2.67. The monoisotopic (exact) mass is 482 g/mol. The van der Waals surface area contributed by atoms with Crippen LogP contribution in [-0.2, 0) is 4.74 Å². The minimum Gasteiger partial charge on any atom is -0.374 e. The lowest BCUT2D eigenvalue weighted by molar-refractivity contribution is -0.314. The molecule has 0 saturated heterocycles. The van der Waals surface area contributed by atoms with E-state index >= 15 is 0 Å². The fraction of sp³-hybridized carbons (Fsp3) is 0.682. The van der Waals surface area contributed by atoms with E-state index in [0.717, 1.165) is 68.1 Å². The summed E-state index contributed by atoms with van der Waals surface area (Å²) in [6.07, 6.45) is -6.12. The largest absolute Gasteiger partial charge is 0.434 e. The minimum atomic E-state index is -5.90. The first-order valence-corrected chi connectivity index (χ1v) is 10.9. The summed E-state index contributed by atoms with van der Waals surface area (Å²) in [7, 11) is 0. The second kappa shape index (κ2) is 8.41. The minimum absolute atomic E-state index is 0.355. The number of amides is 1. The normalized spacial score (nSPS) is 29.4. The number of alkyl halides is 6. The molecule has 4 saturated carbocycles. The Hall–Kier alpha value is -1.88. The lowest BCUT2D eigenvalue weighted by Crippen LogP contribution is -2.75. The zero-order valence-corrected chi connectivity index (χ0v) is 17.7. The number of hydrogen-bond donors (Lipinski definition) is 2. The first-order chi connectivity index (χ1) is 15.3. The number of carbonyl (C=O) groups is 1. The van der Waals surface area contributed by atoms with Gasteiger partial charge in [0.05, 0.1) is 12.2 Å². The van der Waals surface area contributed by atoms with Crippen molar-refractivity contribution in [2.45, 2.75) is 62.1 Å². The second-order valence-electron chi connectivity index (χ2n) is 9.58. The van der Waals surface area contributed by atoms with E-state index in [-0.39, 0.29) is 6.61 Å². The summed E-state index contributed by atoms with van der Waals surface area (Å²) in [4.78, 5) is 12.2. The number of halogens is 7. The van der Waals surface area contributed by atoms with Crippen LogP contribution in [0.25, 0.3) is 0 Å². The van der Waals surface area contributed by atoms with Crippen molar-refractivity contribution in [1.82, 2.24) is 10.6 Å². The molecule has 0 unspecified atom stereocenters. The van der Waals surface area contributed by atoms with Crippen LogP contribution in [0.3, 0.4) is 0 Å². The molecule has 2 N–H and O–H groups in total. The van der Waals surface area contributed by atoms with Gasteiger partial charge in [0.15, 0.2) is 0 Å². The van der Waals surface area contributed by atoms with Gasteiger partial charge in [-0.25, -0.2) is 4.39 Å². The topological polar surface area (TPSA) is 50.4 Å². The van der Waals surface area contributed by atoms with Crippen molar-refractivity contribution in [2.75, 3.05) is 13.2 Å². The number of hydrogen-bond acceptors (Lipinski definition) is 3. The number of nitrogens with one attached hydrogen (secondary N) is 2. The van der Waals surface area contributed by atoms with Gasteiger partial charge in [0.1, 0.15) is 5.82 Å². The number of rotatable bonds is 7. The van der Waals surface area contributed by atoms with E-state index in [1.54, 1.807) is 0 Å². The highest BCUT2D eigenvalue weighted by Crippen LogP contribution is 2.57. The van der Waals surface area contributed by atoms with E-state index in [2.05, 4.69) is 0 Å². The number of benzene rings is 1. The zero-order valence-electron chi connectivity index (χ0n) is 17.7. The van der Waals surface area contributed by atoms with Gasteiger partial charge in [-0.3, -0.25) is 10.1 Å². The summed E-state index contributed by atoms with van der Waals surface area (Å²) in [6.45, 7) is -1.13. The lowest BCUT2D eigenvalue weighted by Gasteiger charge is -2.56. The van der Waals surface area contributed by atoms with E-state index in [1.165, 1.54) is 5.32 Å². The van der Waals surface area contributed by atoms with Crippen molar-refractivity contribution in [1.29, 1.82) is 0 Å². The van der Waals surface area contributed by atoms with Crippen LogP contribution in [0.5, 0.6) is 0 Å². The van der Waals surface area contributed by atoms with E-state index in [1.807, 2.05) is 0 Å². The van der Waals surface area contributed by atoms with Crippen molar-refractivity contribution in [3.8, 4) is 0 Å². The predicted octanol–water partition coefficient (Wildman–Crippen LogP) is 4.95. The molecule has 0 heterocycles. The van der Waals surface area contributed by atoms with Gasteiger partial charge in [-0.1, -0.05) is 0 Å². The van der Waals surface area contributed by atoms with Gasteiger partial charge in [0.25, 0.3) is 11.6 Å². The van der Waals surface area contributed by atoms with Crippen molar-refractivity contribution in [2.24, 2.45) is 17.8 Å². The van der Waals surface area contributed by atoms with Crippen LogP contribution >= 0.6 is 0 Å². The summed E-state index contributed by atoms with van der Waals surface area (Å²) in [5.74, 6) is -0.917. The van der Waals surface area contributed by atoms with Crippen molar-refractivity contribution < 1.29 is 40.3 Å². The Kier molecular flexibility index (Phi) is 6.18. The molecular weight excluding hydrogens is 457 g/mol. The second-order valence-corrected chi connectivity index (χ2v) is 9.58. The fourth-order valence-electron chi connectivity index (χ4n) is 6.10. The van der Waals surface area contributed by atoms with Crippen molar-refractivity contribution in [3.63, 3.8) is 0 Å². The van der Waals surface area contributed by atoms with Crippen LogP contribution in [0.1, 0.15) is 48.9 Å². The third-order valence-corrected chi connectivity index (χ3v) is 7.14. The average molecular weight is 482 g/mol. The number of carbonyl (C=O) groups excluding carboxylic acids is 1. The summed E-state index contributed by atoms with van der Waals surface area (Å²) in [5.41, 5.74) is -5.70. The van der Waals surface area contributed by atoms with Crippen LogP contribution in [0.2, 0.25) is 0 Å². The maximum Gasteiger partial charge on any atom is 0.434 e. The van der Waals surface area contributed by atoms with E-state index in [4.69, 9.17) is 4.74 Å². The molecule has 0 spiro atoms. The molecule has 11 heteroatoms. The molecule has 4 bridgehead atoms. The summed E-state index contributed by atoms with van der Waals surface area (Å²) in [6, 6.07) is 3.14. The molecule has 0 aliphatic heterocycles. The zero-order chi connectivity index (χ0) is 24.1. The predicted molar refractivity (Wildman–Crippen MR) is 104 cm³/mol. The molecule has 1 aromatic rings. The quantitative estimate of drug-likeness (QED) is 0.329. The first-order valence-electron chi connectivity index (χ1n) is 10.9. The van der Waals surface area contributed by atoms with Gasteiger partial charge >= 0.3 is 12.4 Å². The molecule has 4 nitrogen and oxygen atoms in total. The Labute approximate surface area is 186 Å². The highest BCUT2D eigenvalue weighted by atomic mass is 19.4. The molecular formula is C22H25F7N2O2. The van der Waals surface area contributed by atoms with E-state index < -0.39 is 47.4 Å². The standard InChI is InChI=1S/C22H25F7N2O2/c23-17-3-1-16(2-4-17)18(32)31-20(21(24,25)26,22(27,28)29)30-5-6-33-19-10-13-7-14(11-19)9-15(8-13)12-19/h1-4,13-15,30H,5-12H2,(H,31,32). The summed E-state index contributed by atoms with van der Waals surface area (Å²) < 4.78 is 101. The van der Waals surface area contributed by atoms with E-state index in [0.29, 0.717) is 17.8 Å². The first kappa shape index (κ1) is 24.3. The highest BCUT2D eigenvalue weighted by Gasteiger charge is 2.72. The highest BCUT2D eigenvalue weighted by molar-refractivity contribution is 5.94. The number of ether oxygens (including phenoxy) is 1. The molecule has 1 amide bonds. The van der Waals surface area contributed by atoms with Gasteiger partial charge in [-0.2, -0.15) is 26.3 Å². The Morgan fingerprint density at radius 1 is 0.909 bits per heavy atom. The van der Waals surface area contributed by atoms with Gasteiger partial charge in [0, 0.05) is 12.1 Å². The molecule has 4 fully saturated rings. The van der Waals surface area contributed by atoms with E-state index in [9.17, 15) is 35.5 Å². The van der Waals surface area contributed by atoms with Gasteiger partial charge < -0.3 is 10.1 Å². The van der Waals surface area contributed by atoms with Gasteiger partial charge in [0.2, 0.25) is 0 Å². The lowest BCUT2D eigenvalue weighted by atomic mass is 9.54. The SMILES string of the molecule is O=C(NC(NCCOC12CC3CC(CC(C3)C1)C2)(C(F)(F)F)C(F)(F)F)c1ccc(F)cc1. The Bertz CT molecular complexity index is 818. The van der Waals surface area contributed by atoms with Crippen LogP contribution < -0.4 is 10.6 Å². The van der Waals surface area contributed by atoms with Crippen LogP contribution in [-0.4, -0.2) is 42.7 Å². The smallest absolute Gasteiger partial charge is 0.374 e. The molecule has 4 aliphatic rings. The molecule has 5 rings (SSSR count). The summed E-state index contributed by atoms with van der Waals surface area (Å²) in [5, 5.41) is 2.54. The fourth-order valence-corrected chi connectivity index (χ4v) is 6.10. The molecule has 0 aromatic heterocycles. The Balaban J connectivity index is 1.46. The maximum atomic E-state index is 13.8. The van der Waals surface area contributed by atoms with Crippen LogP contribution in [0, 0.1) is 23.6 Å². The maximum absolute atomic E-state index is 13.8. The molecule has 1 aromatic carbocycles. The molecule has 33 heavy (non-hydrogen) atoms. The Morgan fingerprint density at radius 3 is 1.85 bits per heavy atom. The van der Waals surface area contributed by atoms with Crippen LogP contribution in [0.4, 0.5) is 30.7 Å². The van der Waals surface area contributed by atoms with Gasteiger partial charge in [-0.05, 0) is 80.5 Å². The molecule has 184 valence electrons. The molecule has 0 radical (unpaired) electrons.